The van der Waals surface area contributed by atoms with Crippen LogP contribution in [0, 0.1) is 20.8 Å². The van der Waals surface area contributed by atoms with Gasteiger partial charge in [0.25, 0.3) is 0 Å². The van der Waals surface area contributed by atoms with Gasteiger partial charge in [0.1, 0.15) is 0 Å². The topological polar surface area (TPSA) is 70.4 Å². The second-order valence-electron chi connectivity index (χ2n) is 6.07. The summed E-state index contributed by atoms with van der Waals surface area (Å²) in [7, 11) is 0. The molecule has 0 atom stereocenters. The zero-order valence-corrected chi connectivity index (χ0v) is 14.8. The van der Waals surface area contributed by atoms with Crippen LogP contribution in [0.15, 0.2) is 24.3 Å². The molecule has 1 aromatic heterocycles. The number of nitrogens with one attached hydrogen (secondary N) is 1. The van der Waals surface area contributed by atoms with Crippen molar-refractivity contribution in [3.63, 3.8) is 0 Å². The van der Waals surface area contributed by atoms with Gasteiger partial charge in [-0.1, -0.05) is 13.0 Å². The summed E-state index contributed by atoms with van der Waals surface area (Å²) in [5.74, 6) is 0.510. The number of benzene rings is 1. The van der Waals surface area contributed by atoms with Gasteiger partial charge in [-0.05, 0) is 50.5 Å². The van der Waals surface area contributed by atoms with Crippen LogP contribution in [0.5, 0.6) is 0 Å². The van der Waals surface area contributed by atoms with Crippen molar-refractivity contribution in [3.05, 3.63) is 41.1 Å². The predicted molar refractivity (Wildman–Crippen MR) is 95.7 cm³/mol. The number of carbonyl (C=O) groups excluding carboxylic acids is 1. The highest BCUT2D eigenvalue weighted by Gasteiger charge is 2.15. The molecule has 24 heavy (non-hydrogen) atoms. The van der Waals surface area contributed by atoms with Crippen LogP contribution in [0.2, 0.25) is 0 Å². The lowest BCUT2D eigenvalue weighted by Crippen LogP contribution is -2.37. The van der Waals surface area contributed by atoms with E-state index in [0.717, 1.165) is 17.8 Å². The SMILES string of the molecule is CCCN(CCO)C(=O)Nc1cc(C)n(-c2cc(C)cc(C)c2)n1. The number of anilines is 1. The average Bonchev–Trinajstić information content (AvgIpc) is 2.86. The first-order valence-electron chi connectivity index (χ1n) is 8.26. The molecule has 0 fully saturated rings. The van der Waals surface area contributed by atoms with Gasteiger partial charge in [0, 0.05) is 24.8 Å². The molecular formula is C18H26N4O2. The molecule has 0 saturated heterocycles. The van der Waals surface area contributed by atoms with Crippen LogP contribution in [0.25, 0.3) is 5.69 Å². The lowest BCUT2D eigenvalue weighted by atomic mass is 10.1. The van der Waals surface area contributed by atoms with Gasteiger partial charge in [-0.3, -0.25) is 5.32 Å². The van der Waals surface area contributed by atoms with Gasteiger partial charge in [0.05, 0.1) is 12.3 Å². The highest BCUT2D eigenvalue weighted by atomic mass is 16.3. The van der Waals surface area contributed by atoms with Gasteiger partial charge in [-0.2, -0.15) is 0 Å². The minimum Gasteiger partial charge on any atom is -0.395 e. The van der Waals surface area contributed by atoms with Gasteiger partial charge < -0.3 is 10.0 Å². The number of aromatic nitrogens is 2. The van der Waals surface area contributed by atoms with Crippen LogP contribution < -0.4 is 5.32 Å². The minimum absolute atomic E-state index is 0.0521. The summed E-state index contributed by atoms with van der Waals surface area (Å²) < 4.78 is 1.83. The van der Waals surface area contributed by atoms with Crippen molar-refractivity contribution in [3.8, 4) is 5.69 Å². The van der Waals surface area contributed by atoms with Crippen LogP contribution in [-0.2, 0) is 0 Å². The molecule has 1 aromatic carbocycles. The summed E-state index contributed by atoms with van der Waals surface area (Å²) in [6.07, 6.45) is 0.837. The second kappa shape index (κ2) is 7.97. The normalized spacial score (nSPS) is 10.7. The highest BCUT2D eigenvalue weighted by Crippen LogP contribution is 2.18. The van der Waals surface area contributed by atoms with Crippen LogP contribution >= 0.6 is 0 Å². The summed E-state index contributed by atoms with van der Waals surface area (Å²) in [6, 6.07) is 7.85. The number of carbonyl (C=O) groups is 1. The van der Waals surface area contributed by atoms with E-state index >= 15 is 0 Å². The lowest BCUT2D eigenvalue weighted by molar-refractivity contribution is 0.188. The van der Waals surface area contributed by atoms with Gasteiger partial charge >= 0.3 is 6.03 Å². The number of nitrogens with zero attached hydrogens (tertiary/aromatic N) is 3. The Bertz CT molecular complexity index is 683. The molecule has 0 unspecified atom stereocenters. The molecule has 0 saturated carbocycles. The van der Waals surface area contributed by atoms with Crippen LogP contribution in [-0.4, -0.2) is 45.5 Å². The molecule has 2 aromatic rings. The molecular weight excluding hydrogens is 304 g/mol. The van der Waals surface area contributed by atoms with Crippen LogP contribution in [0.3, 0.4) is 0 Å². The summed E-state index contributed by atoms with van der Waals surface area (Å²) in [6.45, 7) is 8.92. The molecule has 0 spiro atoms. The Labute approximate surface area is 143 Å². The molecule has 2 rings (SSSR count). The molecule has 0 bridgehead atoms. The van der Waals surface area contributed by atoms with Crippen LogP contribution in [0.1, 0.15) is 30.2 Å². The largest absolute Gasteiger partial charge is 0.395 e. The van der Waals surface area contributed by atoms with E-state index in [0.29, 0.717) is 18.9 Å². The Hall–Kier alpha value is -2.34. The van der Waals surface area contributed by atoms with E-state index in [2.05, 4.69) is 42.5 Å². The van der Waals surface area contributed by atoms with Gasteiger partial charge in [0.2, 0.25) is 0 Å². The van der Waals surface area contributed by atoms with Crippen molar-refractivity contribution in [1.82, 2.24) is 14.7 Å². The van der Waals surface area contributed by atoms with Crippen molar-refractivity contribution in [2.24, 2.45) is 0 Å². The smallest absolute Gasteiger partial charge is 0.323 e. The molecule has 2 N–H and O–H groups in total. The fourth-order valence-electron chi connectivity index (χ4n) is 2.76. The molecule has 0 aliphatic carbocycles. The third kappa shape index (κ3) is 4.35. The number of aryl methyl sites for hydroxylation is 3. The number of aliphatic hydroxyl groups is 1. The van der Waals surface area contributed by atoms with Crippen molar-refractivity contribution in [2.75, 3.05) is 25.0 Å². The molecule has 130 valence electrons. The Kier molecular flexibility index (Phi) is 5.98. The number of rotatable bonds is 6. The Morgan fingerprint density at radius 1 is 1.17 bits per heavy atom. The van der Waals surface area contributed by atoms with Crippen molar-refractivity contribution in [2.45, 2.75) is 34.1 Å². The van der Waals surface area contributed by atoms with E-state index in [1.54, 1.807) is 4.90 Å². The summed E-state index contributed by atoms with van der Waals surface area (Å²) in [5.41, 5.74) is 4.26. The zero-order chi connectivity index (χ0) is 17.7. The number of aliphatic hydroxyl groups excluding tert-OH is 1. The first-order chi connectivity index (χ1) is 11.4. The summed E-state index contributed by atoms with van der Waals surface area (Å²) >= 11 is 0. The average molecular weight is 330 g/mol. The zero-order valence-electron chi connectivity index (χ0n) is 14.8. The number of hydrogen-bond acceptors (Lipinski definition) is 3. The molecule has 0 aliphatic rings. The molecule has 6 heteroatoms. The number of amides is 2. The Morgan fingerprint density at radius 3 is 2.42 bits per heavy atom. The predicted octanol–water partition coefficient (Wildman–Crippen LogP) is 3.03. The molecule has 6 nitrogen and oxygen atoms in total. The van der Waals surface area contributed by atoms with E-state index < -0.39 is 0 Å². The third-order valence-corrected chi connectivity index (χ3v) is 3.72. The van der Waals surface area contributed by atoms with E-state index in [4.69, 9.17) is 5.11 Å². The Morgan fingerprint density at radius 2 is 1.83 bits per heavy atom. The maximum absolute atomic E-state index is 12.3. The third-order valence-electron chi connectivity index (χ3n) is 3.72. The summed E-state index contributed by atoms with van der Waals surface area (Å²) in [4.78, 5) is 13.9. The monoisotopic (exact) mass is 330 g/mol. The fraction of sp³-hybridized carbons (Fsp3) is 0.444. The van der Waals surface area contributed by atoms with Crippen molar-refractivity contribution in [1.29, 1.82) is 0 Å². The quantitative estimate of drug-likeness (QED) is 0.855. The second-order valence-corrected chi connectivity index (χ2v) is 6.07. The first kappa shape index (κ1) is 18.0. The first-order valence-corrected chi connectivity index (χ1v) is 8.26. The Balaban J connectivity index is 2.20. The maximum Gasteiger partial charge on any atom is 0.323 e. The van der Waals surface area contributed by atoms with Gasteiger partial charge in [-0.15, -0.1) is 5.10 Å². The van der Waals surface area contributed by atoms with E-state index in [9.17, 15) is 4.79 Å². The fourth-order valence-corrected chi connectivity index (χ4v) is 2.76. The number of urea groups is 1. The van der Waals surface area contributed by atoms with E-state index in [-0.39, 0.29) is 12.6 Å². The van der Waals surface area contributed by atoms with Gasteiger partial charge in [0.15, 0.2) is 5.82 Å². The highest BCUT2D eigenvalue weighted by molar-refractivity contribution is 5.88. The van der Waals surface area contributed by atoms with Gasteiger partial charge in [-0.25, -0.2) is 9.48 Å². The van der Waals surface area contributed by atoms with Crippen molar-refractivity contribution < 1.29 is 9.90 Å². The van der Waals surface area contributed by atoms with Crippen LogP contribution in [0.4, 0.5) is 10.6 Å². The minimum atomic E-state index is -0.240. The van der Waals surface area contributed by atoms with E-state index in [1.807, 2.05) is 24.6 Å². The standard InChI is InChI=1S/C18H26N4O2/c1-5-6-21(7-8-23)18(24)19-17-12-15(4)22(20-17)16-10-13(2)9-14(3)11-16/h9-12,23H,5-8H2,1-4H3,(H,19,20,24). The molecule has 2 amide bonds. The number of hydrogen-bond donors (Lipinski definition) is 2. The molecule has 0 radical (unpaired) electrons. The lowest BCUT2D eigenvalue weighted by Gasteiger charge is -2.20. The van der Waals surface area contributed by atoms with E-state index in [1.165, 1.54) is 11.1 Å². The molecule has 1 heterocycles. The molecule has 0 aliphatic heterocycles. The van der Waals surface area contributed by atoms with Crippen molar-refractivity contribution >= 4 is 11.8 Å². The maximum atomic E-state index is 12.3. The summed E-state index contributed by atoms with van der Waals surface area (Å²) in [5, 5.41) is 16.4.